The quantitative estimate of drug-likeness (QED) is 0.598. The van der Waals surface area contributed by atoms with E-state index in [1.165, 1.54) is 60.7 Å². The van der Waals surface area contributed by atoms with Crippen molar-refractivity contribution in [3.63, 3.8) is 0 Å². The number of halogens is 1. The van der Waals surface area contributed by atoms with Gasteiger partial charge in [0.1, 0.15) is 5.75 Å². The average Bonchev–Trinajstić information content (AvgIpc) is 2.63. The van der Waals surface area contributed by atoms with Crippen molar-refractivity contribution in [3.05, 3.63) is 83.9 Å². The molecule has 0 radical (unpaired) electrons. The maximum absolute atomic E-state index is 12.6. The Bertz CT molecular complexity index is 986. The number of benzene rings is 3. The van der Waals surface area contributed by atoms with Gasteiger partial charge in [-0.25, -0.2) is 8.42 Å². The van der Waals surface area contributed by atoms with Crippen LogP contribution in [0.4, 0.5) is 0 Å². The minimum absolute atomic E-state index is 0.0587. The highest BCUT2D eigenvalue weighted by molar-refractivity contribution is 8.20. The van der Waals surface area contributed by atoms with Gasteiger partial charge in [-0.2, -0.15) is 0 Å². The molecule has 0 atom stereocenters. The van der Waals surface area contributed by atoms with Crippen molar-refractivity contribution in [3.8, 4) is 5.75 Å². The molecule has 136 valence electrons. The summed E-state index contributed by atoms with van der Waals surface area (Å²) in [6.45, 7) is 0. The maximum Gasteiger partial charge on any atom is 0.206 e. The van der Waals surface area contributed by atoms with Crippen LogP contribution in [0.25, 0.3) is 0 Å². The summed E-state index contributed by atoms with van der Waals surface area (Å²) in [6, 6.07) is 19.4. The molecule has 0 fully saturated rings. The van der Waals surface area contributed by atoms with E-state index in [1.54, 1.807) is 18.2 Å². The van der Waals surface area contributed by atoms with Crippen LogP contribution in [0.1, 0.15) is 0 Å². The summed E-state index contributed by atoms with van der Waals surface area (Å²) in [7, 11) is -7.18. The molecule has 0 spiro atoms. The lowest BCUT2D eigenvalue weighted by Crippen LogP contribution is -2.07. The maximum atomic E-state index is 12.6. The minimum Gasteiger partial charge on any atom is -0.399 e. The SMILES string of the molecule is O=S(=O)(c1ccc(Cl)cc1)c1ccc(OS(O)(O)c2ccccc2)cc1. The molecule has 2 N–H and O–H groups in total. The topological polar surface area (TPSA) is 83.8 Å². The third-order valence-electron chi connectivity index (χ3n) is 3.52. The van der Waals surface area contributed by atoms with Crippen LogP contribution in [0, 0.1) is 0 Å². The lowest BCUT2D eigenvalue weighted by molar-refractivity contribution is 0.382. The summed E-state index contributed by atoms with van der Waals surface area (Å²) in [5.41, 5.74) is 0. The summed E-state index contributed by atoms with van der Waals surface area (Å²) in [5, 5.41) is 0.443. The molecule has 3 rings (SSSR count). The second kappa shape index (κ2) is 7.30. The summed E-state index contributed by atoms with van der Waals surface area (Å²) in [5.74, 6) is 0.143. The van der Waals surface area contributed by atoms with Crippen LogP contribution in [0.5, 0.6) is 5.75 Å². The van der Waals surface area contributed by atoms with E-state index in [0.29, 0.717) is 5.02 Å². The van der Waals surface area contributed by atoms with Gasteiger partial charge in [0.15, 0.2) is 10.9 Å². The minimum atomic E-state index is -3.70. The fourth-order valence-corrected chi connectivity index (χ4v) is 4.58. The molecule has 0 saturated heterocycles. The molecular weight excluding hydrogens is 396 g/mol. The first-order valence-electron chi connectivity index (χ1n) is 7.42. The van der Waals surface area contributed by atoms with E-state index in [2.05, 4.69) is 0 Å². The molecule has 3 aromatic rings. The van der Waals surface area contributed by atoms with E-state index >= 15 is 0 Å². The highest BCUT2D eigenvalue weighted by atomic mass is 35.5. The smallest absolute Gasteiger partial charge is 0.206 e. The number of hydrogen-bond acceptors (Lipinski definition) is 5. The van der Waals surface area contributed by atoms with Crippen molar-refractivity contribution in [1.29, 1.82) is 0 Å². The van der Waals surface area contributed by atoms with Crippen LogP contribution in [0.2, 0.25) is 5.02 Å². The lowest BCUT2D eigenvalue weighted by atomic mass is 10.3. The van der Waals surface area contributed by atoms with Gasteiger partial charge in [0.05, 0.1) is 14.7 Å². The predicted octanol–water partition coefficient (Wildman–Crippen LogP) is 5.28. The first-order valence-corrected chi connectivity index (χ1v) is 10.8. The van der Waals surface area contributed by atoms with Gasteiger partial charge in [0.2, 0.25) is 9.84 Å². The van der Waals surface area contributed by atoms with Crippen LogP contribution in [0.15, 0.2) is 93.5 Å². The van der Waals surface area contributed by atoms with Gasteiger partial charge in [-0.3, -0.25) is 9.11 Å². The molecule has 0 saturated carbocycles. The second-order valence-corrected chi connectivity index (χ2v) is 9.34. The Morgan fingerprint density at radius 1 is 0.692 bits per heavy atom. The Balaban J connectivity index is 1.83. The van der Waals surface area contributed by atoms with E-state index in [-0.39, 0.29) is 20.4 Å². The number of rotatable bonds is 5. The number of hydrogen-bond donors (Lipinski definition) is 2. The van der Waals surface area contributed by atoms with E-state index in [0.717, 1.165) is 0 Å². The van der Waals surface area contributed by atoms with Crippen LogP contribution in [-0.2, 0) is 9.84 Å². The third-order valence-corrected chi connectivity index (χ3v) is 6.87. The van der Waals surface area contributed by atoms with Gasteiger partial charge >= 0.3 is 0 Å². The first-order chi connectivity index (χ1) is 12.3. The first kappa shape index (κ1) is 18.8. The molecule has 0 bridgehead atoms. The zero-order chi connectivity index (χ0) is 18.8. The van der Waals surface area contributed by atoms with Crippen molar-refractivity contribution in [2.45, 2.75) is 14.7 Å². The standard InChI is InChI=1S/C18H15ClO5S2/c19-14-6-10-16(11-7-14)25(20,21)17-12-8-15(9-13-17)24-26(22,23)18-4-2-1-3-5-18/h1-13,22-23H. The molecule has 8 heteroatoms. The Morgan fingerprint density at radius 2 is 1.19 bits per heavy atom. The normalized spacial score (nSPS) is 12.6. The summed E-state index contributed by atoms with van der Waals surface area (Å²) in [6.07, 6.45) is 0. The van der Waals surface area contributed by atoms with E-state index < -0.39 is 20.7 Å². The molecular formula is C18H15ClO5S2. The summed E-state index contributed by atoms with van der Waals surface area (Å²) >= 11 is 5.78. The molecule has 0 amide bonds. The largest absolute Gasteiger partial charge is 0.399 e. The predicted molar refractivity (Wildman–Crippen MR) is 102 cm³/mol. The van der Waals surface area contributed by atoms with Gasteiger partial charge < -0.3 is 4.18 Å². The monoisotopic (exact) mass is 410 g/mol. The molecule has 0 aromatic heterocycles. The van der Waals surface area contributed by atoms with Crippen molar-refractivity contribution in [2.75, 3.05) is 0 Å². The van der Waals surface area contributed by atoms with Gasteiger partial charge in [0, 0.05) is 5.02 Å². The van der Waals surface area contributed by atoms with E-state index in [1.807, 2.05) is 0 Å². The third kappa shape index (κ3) is 4.03. The fourth-order valence-electron chi connectivity index (χ4n) is 2.20. The molecule has 0 heterocycles. The Labute approximate surface area is 158 Å². The van der Waals surface area contributed by atoms with Crippen molar-refractivity contribution < 1.29 is 21.7 Å². The lowest BCUT2D eigenvalue weighted by Gasteiger charge is -2.27. The highest BCUT2D eigenvalue weighted by Crippen LogP contribution is 2.48. The van der Waals surface area contributed by atoms with Crippen LogP contribution >= 0.6 is 22.5 Å². The van der Waals surface area contributed by atoms with Crippen molar-refractivity contribution in [1.82, 2.24) is 0 Å². The van der Waals surface area contributed by atoms with E-state index in [9.17, 15) is 17.5 Å². The van der Waals surface area contributed by atoms with Crippen molar-refractivity contribution >= 4 is 32.3 Å². The van der Waals surface area contributed by atoms with Crippen LogP contribution < -0.4 is 4.18 Å². The second-order valence-electron chi connectivity index (χ2n) is 5.32. The van der Waals surface area contributed by atoms with E-state index in [4.69, 9.17) is 15.8 Å². The Hall–Kier alpha value is -2.03. The van der Waals surface area contributed by atoms with Crippen LogP contribution in [0.3, 0.4) is 0 Å². The van der Waals surface area contributed by atoms with Gasteiger partial charge in [-0.1, -0.05) is 29.8 Å². The van der Waals surface area contributed by atoms with Gasteiger partial charge in [0.25, 0.3) is 0 Å². The molecule has 3 aromatic carbocycles. The van der Waals surface area contributed by atoms with Gasteiger partial charge in [-0.15, -0.1) is 0 Å². The molecule has 0 aliphatic rings. The fraction of sp³-hybridized carbons (Fsp3) is 0. The van der Waals surface area contributed by atoms with Gasteiger partial charge in [-0.05, 0) is 60.7 Å². The Morgan fingerprint density at radius 3 is 1.73 bits per heavy atom. The summed E-state index contributed by atoms with van der Waals surface area (Å²) in [4.78, 5) is 0.408. The molecule has 5 nitrogen and oxygen atoms in total. The zero-order valence-corrected chi connectivity index (χ0v) is 15.7. The molecule has 0 aliphatic carbocycles. The molecule has 0 aliphatic heterocycles. The van der Waals surface area contributed by atoms with Crippen molar-refractivity contribution in [2.24, 2.45) is 0 Å². The average molecular weight is 411 g/mol. The summed E-state index contributed by atoms with van der Waals surface area (Å²) < 4.78 is 50.7. The number of sulfone groups is 1. The molecule has 0 unspecified atom stereocenters. The molecule has 26 heavy (non-hydrogen) atoms. The Kier molecular flexibility index (Phi) is 5.27. The van der Waals surface area contributed by atoms with Crippen LogP contribution in [-0.4, -0.2) is 17.5 Å². The highest BCUT2D eigenvalue weighted by Gasteiger charge is 2.23. The zero-order valence-electron chi connectivity index (χ0n) is 13.3.